The summed E-state index contributed by atoms with van der Waals surface area (Å²) in [5.74, 6) is 6.65. The number of rotatable bonds is 7. The summed E-state index contributed by atoms with van der Waals surface area (Å²) in [6, 6.07) is 0.318. The standard InChI is InChI=1S/C12H23N3S2/c1-5-8(2)16-7-11(15-13)6-12-14-9(3)10(4)17-12/h8,11,15H,5-7,13H2,1-4H3. The molecule has 0 saturated carbocycles. The molecule has 1 heterocycles. The number of nitrogens with zero attached hydrogens (tertiary/aromatic N) is 1. The maximum atomic E-state index is 5.61. The Bertz CT molecular complexity index is 319. The normalized spacial score (nSPS) is 14.9. The Kier molecular flexibility index (Phi) is 6.48. The fourth-order valence-electron chi connectivity index (χ4n) is 1.40. The summed E-state index contributed by atoms with van der Waals surface area (Å²) >= 11 is 3.76. The van der Waals surface area contributed by atoms with E-state index in [9.17, 15) is 0 Å². The molecule has 5 heteroatoms. The Morgan fingerprint density at radius 1 is 1.47 bits per heavy atom. The summed E-state index contributed by atoms with van der Waals surface area (Å²) in [5.41, 5.74) is 4.05. The summed E-state index contributed by atoms with van der Waals surface area (Å²) in [5, 5.41) is 1.89. The van der Waals surface area contributed by atoms with Crippen LogP contribution in [0.2, 0.25) is 0 Å². The Hall–Kier alpha value is -0.100. The molecule has 0 amide bonds. The molecular formula is C12H23N3S2. The molecule has 98 valence electrons. The van der Waals surface area contributed by atoms with Gasteiger partial charge >= 0.3 is 0 Å². The van der Waals surface area contributed by atoms with E-state index in [0.717, 1.165) is 17.9 Å². The maximum Gasteiger partial charge on any atom is 0.0947 e. The van der Waals surface area contributed by atoms with E-state index in [-0.39, 0.29) is 0 Å². The molecule has 0 spiro atoms. The van der Waals surface area contributed by atoms with Crippen LogP contribution < -0.4 is 11.3 Å². The van der Waals surface area contributed by atoms with E-state index >= 15 is 0 Å². The number of thiazole rings is 1. The monoisotopic (exact) mass is 273 g/mol. The van der Waals surface area contributed by atoms with Gasteiger partial charge in [-0.1, -0.05) is 13.8 Å². The van der Waals surface area contributed by atoms with Crippen LogP contribution in [-0.2, 0) is 6.42 Å². The van der Waals surface area contributed by atoms with Crippen molar-refractivity contribution in [2.45, 2.75) is 51.8 Å². The average Bonchev–Trinajstić information content (AvgIpc) is 2.63. The number of aryl methyl sites for hydroxylation is 2. The van der Waals surface area contributed by atoms with Crippen molar-refractivity contribution in [2.75, 3.05) is 5.75 Å². The molecule has 0 fully saturated rings. The minimum Gasteiger partial charge on any atom is -0.271 e. The largest absolute Gasteiger partial charge is 0.271 e. The SMILES string of the molecule is CCC(C)SCC(Cc1nc(C)c(C)s1)NN. The zero-order valence-electron chi connectivity index (χ0n) is 11.1. The van der Waals surface area contributed by atoms with Gasteiger partial charge in [0, 0.05) is 28.3 Å². The van der Waals surface area contributed by atoms with E-state index in [0.29, 0.717) is 11.3 Å². The maximum absolute atomic E-state index is 5.61. The molecule has 2 unspecified atom stereocenters. The van der Waals surface area contributed by atoms with Crippen molar-refractivity contribution in [3.05, 3.63) is 15.6 Å². The third kappa shape index (κ3) is 4.95. The lowest BCUT2D eigenvalue weighted by atomic mass is 10.2. The first-order valence-corrected chi connectivity index (χ1v) is 7.94. The smallest absolute Gasteiger partial charge is 0.0947 e. The second-order valence-electron chi connectivity index (χ2n) is 4.37. The average molecular weight is 273 g/mol. The Morgan fingerprint density at radius 2 is 2.18 bits per heavy atom. The molecule has 0 bridgehead atoms. The van der Waals surface area contributed by atoms with Crippen molar-refractivity contribution in [1.82, 2.24) is 10.4 Å². The van der Waals surface area contributed by atoms with Gasteiger partial charge < -0.3 is 0 Å². The van der Waals surface area contributed by atoms with Gasteiger partial charge in [-0.3, -0.25) is 11.3 Å². The third-order valence-corrected chi connectivity index (χ3v) is 5.48. The Morgan fingerprint density at radius 3 is 2.65 bits per heavy atom. The van der Waals surface area contributed by atoms with Gasteiger partial charge in [-0.05, 0) is 20.3 Å². The molecule has 1 rings (SSSR count). The Balaban J connectivity index is 2.46. The van der Waals surface area contributed by atoms with Crippen LogP contribution in [0.15, 0.2) is 0 Å². The minimum atomic E-state index is 0.318. The number of hydrazine groups is 1. The van der Waals surface area contributed by atoms with E-state index in [1.165, 1.54) is 16.3 Å². The predicted molar refractivity (Wildman–Crippen MR) is 78.6 cm³/mol. The highest BCUT2D eigenvalue weighted by Gasteiger charge is 2.13. The lowest BCUT2D eigenvalue weighted by molar-refractivity contribution is 0.573. The Labute approximate surface area is 113 Å². The quantitative estimate of drug-likeness (QED) is 0.592. The number of nitrogens with two attached hydrogens (primary N) is 1. The highest BCUT2D eigenvalue weighted by atomic mass is 32.2. The molecule has 2 atom stereocenters. The minimum absolute atomic E-state index is 0.318. The van der Waals surface area contributed by atoms with Gasteiger partial charge in [-0.15, -0.1) is 11.3 Å². The first-order valence-electron chi connectivity index (χ1n) is 6.07. The molecule has 0 aliphatic carbocycles. The molecule has 0 aliphatic rings. The van der Waals surface area contributed by atoms with Gasteiger partial charge in [0.25, 0.3) is 0 Å². The predicted octanol–water partition coefficient (Wildman–Crippen LogP) is 2.67. The van der Waals surface area contributed by atoms with Gasteiger partial charge in [-0.2, -0.15) is 11.8 Å². The lowest BCUT2D eigenvalue weighted by Crippen LogP contribution is -2.39. The summed E-state index contributed by atoms with van der Waals surface area (Å²) in [7, 11) is 0. The number of thioether (sulfide) groups is 1. The number of hydrogen-bond donors (Lipinski definition) is 2. The van der Waals surface area contributed by atoms with Crippen LogP contribution in [0.25, 0.3) is 0 Å². The number of aromatic nitrogens is 1. The zero-order valence-corrected chi connectivity index (χ0v) is 12.8. The topological polar surface area (TPSA) is 50.9 Å². The molecular weight excluding hydrogens is 250 g/mol. The van der Waals surface area contributed by atoms with Crippen LogP contribution in [-0.4, -0.2) is 22.0 Å². The van der Waals surface area contributed by atoms with Crippen LogP contribution in [0.4, 0.5) is 0 Å². The third-order valence-electron chi connectivity index (χ3n) is 2.89. The molecule has 3 nitrogen and oxygen atoms in total. The van der Waals surface area contributed by atoms with E-state index in [2.05, 4.69) is 38.1 Å². The summed E-state index contributed by atoms with van der Waals surface area (Å²) in [6.45, 7) is 8.66. The van der Waals surface area contributed by atoms with Gasteiger partial charge in [0.05, 0.1) is 10.7 Å². The van der Waals surface area contributed by atoms with E-state index in [1.54, 1.807) is 11.3 Å². The zero-order chi connectivity index (χ0) is 12.8. The molecule has 1 aromatic heterocycles. The fourth-order valence-corrected chi connectivity index (χ4v) is 3.43. The number of nitrogens with one attached hydrogen (secondary N) is 1. The molecule has 3 N–H and O–H groups in total. The second kappa shape index (κ2) is 7.36. The molecule has 0 aliphatic heterocycles. The van der Waals surface area contributed by atoms with Crippen LogP contribution >= 0.6 is 23.1 Å². The van der Waals surface area contributed by atoms with Crippen molar-refractivity contribution < 1.29 is 0 Å². The molecule has 1 aromatic rings. The molecule has 0 radical (unpaired) electrons. The van der Waals surface area contributed by atoms with E-state index < -0.39 is 0 Å². The van der Waals surface area contributed by atoms with Crippen molar-refractivity contribution in [3.8, 4) is 0 Å². The van der Waals surface area contributed by atoms with Gasteiger partial charge in [-0.25, -0.2) is 4.98 Å². The fraction of sp³-hybridized carbons (Fsp3) is 0.750. The van der Waals surface area contributed by atoms with E-state index in [4.69, 9.17) is 5.84 Å². The molecule has 0 aromatic carbocycles. The molecule has 0 saturated heterocycles. The van der Waals surface area contributed by atoms with Crippen LogP contribution in [0.5, 0.6) is 0 Å². The van der Waals surface area contributed by atoms with Crippen molar-refractivity contribution in [2.24, 2.45) is 5.84 Å². The first kappa shape index (κ1) is 15.0. The lowest BCUT2D eigenvalue weighted by Gasteiger charge is -2.16. The van der Waals surface area contributed by atoms with Crippen molar-refractivity contribution in [3.63, 3.8) is 0 Å². The van der Waals surface area contributed by atoms with Gasteiger partial charge in [0.1, 0.15) is 0 Å². The summed E-state index contributed by atoms with van der Waals surface area (Å²) < 4.78 is 0. The van der Waals surface area contributed by atoms with Gasteiger partial charge in [0.15, 0.2) is 0 Å². The summed E-state index contributed by atoms with van der Waals surface area (Å²) in [6.07, 6.45) is 2.14. The van der Waals surface area contributed by atoms with Gasteiger partial charge in [0.2, 0.25) is 0 Å². The number of hydrogen-bond acceptors (Lipinski definition) is 5. The summed E-state index contributed by atoms with van der Waals surface area (Å²) in [4.78, 5) is 5.87. The first-order chi connectivity index (χ1) is 8.06. The second-order valence-corrected chi connectivity index (χ2v) is 7.13. The van der Waals surface area contributed by atoms with Crippen LogP contribution in [0, 0.1) is 13.8 Å². The highest BCUT2D eigenvalue weighted by molar-refractivity contribution is 7.99. The molecule has 17 heavy (non-hydrogen) atoms. The van der Waals surface area contributed by atoms with Crippen molar-refractivity contribution >= 4 is 23.1 Å². The van der Waals surface area contributed by atoms with Crippen molar-refractivity contribution in [1.29, 1.82) is 0 Å². The highest BCUT2D eigenvalue weighted by Crippen LogP contribution is 2.20. The van der Waals surface area contributed by atoms with E-state index in [1.807, 2.05) is 11.8 Å². The van der Waals surface area contributed by atoms with Crippen LogP contribution in [0.1, 0.15) is 35.8 Å². The van der Waals surface area contributed by atoms with Crippen LogP contribution in [0.3, 0.4) is 0 Å².